The van der Waals surface area contributed by atoms with Gasteiger partial charge in [-0.2, -0.15) is 0 Å². The van der Waals surface area contributed by atoms with Crippen LogP contribution in [0.1, 0.15) is 38.7 Å². The summed E-state index contributed by atoms with van der Waals surface area (Å²) in [5, 5.41) is 3.64. The molecule has 3 atom stereocenters. The Morgan fingerprint density at radius 3 is 2.65 bits per heavy atom. The van der Waals surface area contributed by atoms with Gasteiger partial charge in [0.15, 0.2) is 0 Å². The smallest absolute Gasteiger partial charge is 0.0364 e. The normalized spacial score (nSPS) is 29.0. The molecule has 1 aliphatic carbocycles. The Labute approximate surface area is 105 Å². The Balaban J connectivity index is 2.02. The van der Waals surface area contributed by atoms with E-state index in [4.69, 9.17) is 5.73 Å². The van der Waals surface area contributed by atoms with E-state index in [9.17, 15) is 0 Å². The molecule has 1 fully saturated rings. The number of nitrogens with two attached hydrogens (primary N) is 1. The largest absolute Gasteiger partial charge is 0.398 e. The van der Waals surface area contributed by atoms with Crippen LogP contribution >= 0.6 is 0 Å². The van der Waals surface area contributed by atoms with Crippen LogP contribution in [0.3, 0.4) is 0 Å². The third-order valence-corrected chi connectivity index (χ3v) is 4.06. The summed E-state index contributed by atoms with van der Waals surface area (Å²) in [7, 11) is 0. The zero-order chi connectivity index (χ0) is 12.4. The summed E-state index contributed by atoms with van der Waals surface area (Å²) in [4.78, 5) is 0. The quantitative estimate of drug-likeness (QED) is 0.761. The molecule has 0 amide bonds. The highest BCUT2D eigenvalue weighted by atomic mass is 14.9. The van der Waals surface area contributed by atoms with Gasteiger partial charge >= 0.3 is 0 Å². The van der Waals surface area contributed by atoms with Gasteiger partial charge in [0.25, 0.3) is 0 Å². The lowest BCUT2D eigenvalue weighted by Crippen LogP contribution is -2.33. The summed E-state index contributed by atoms with van der Waals surface area (Å²) in [6, 6.07) is 6.89. The minimum Gasteiger partial charge on any atom is -0.398 e. The third kappa shape index (κ3) is 2.93. The monoisotopic (exact) mass is 232 g/mol. The molecule has 0 saturated heterocycles. The predicted molar refractivity (Wildman–Crippen MR) is 75.2 cm³/mol. The maximum atomic E-state index is 5.94. The Hall–Kier alpha value is -1.18. The summed E-state index contributed by atoms with van der Waals surface area (Å²) in [5.74, 6) is 1.63. The molecule has 94 valence electrons. The summed E-state index contributed by atoms with van der Waals surface area (Å²) < 4.78 is 0. The predicted octanol–water partition coefficient (Wildman–Crippen LogP) is 3.81. The Morgan fingerprint density at radius 1 is 1.24 bits per heavy atom. The second kappa shape index (κ2) is 4.99. The first-order valence-electron chi connectivity index (χ1n) is 6.69. The van der Waals surface area contributed by atoms with Crippen molar-refractivity contribution in [2.24, 2.45) is 11.8 Å². The van der Waals surface area contributed by atoms with Crippen LogP contribution < -0.4 is 11.1 Å². The zero-order valence-electron chi connectivity index (χ0n) is 11.2. The van der Waals surface area contributed by atoms with Crippen LogP contribution in [-0.2, 0) is 0 Å². The number of benzene rings is 1. The highest BCUT2D eigenvalue weighted by Crippen LogP contribution is 2.31. The number of hydrogen-bond acceptors (Lipinski definition) is 2. The fourth-order valence-corrected chi connectivity index (χ4v) is 2.82. The molecule has 0 bridgehead atoms. The van der Waals surface area contributed by atoms with E-state index in [1.54, 1.807) is 0 Å². The maximum Gasteiger partial charge on any atom is 0.0364 e. The van der Waals surface area contributed by atoms with Crippen molar-refractivity contribution in [3.63, 3.8) is 0 Å². The molecule has 2 nitrogen and oxygen atoms in total. The molecule has 0 heterocycles. The second-order valence-corrected chi connectivity index (χ2v) is 5.72. The molecule has 1 aromatic carbocycles. The Kier molecular flexibility index (Phi) is 3.60. The molecule has 0 aliphatic heterocycles. The van der Waals surface area contributed by atoms with Gasteiger partial charge in [-0.25, -0.2) is 0 Å². The molecular weight excluding hydrogens is 208 g/mol. The van der Waals surface area contributed by atoms with Crippen LogP contribution in [0.15, 0.2) is 18.2 Å². The third-order valence-electron chi connectivity index (χ3n) is 4.06. The number of nitrogens with one attached hydrogen (secondary N) is 1. The van der Waals surface area contributed by atoms with Gasteiger partial charge in [-0.1, -0.05) is 19.9 Å². The minimum absolute atomic E-state index is 0.605. The van der Waals surface area contributed by atoms with Crippen molar-refractivity contribution in [1.82, 2.24) is 0 Å². The molecule has 1 aliphatic rings. The topological polar surface area (TPSA) is 38.0 Å². The highest BCUT2D eigenvalue weighted by Gasteiger charge is 2.24. The highest BCUT2D eigenvalue weighted by molar-refractivity contribution is 5.58. The molecule has 1 aromatic rings. The average Bonchev–Trinajstić information content (AvgIpc) is 2.27. The molecule has 3 N–H and O–H groups in total. The first-order chi connectivity index (χ1) is 8.06. The second-order valence-electron chi connectivity index (χ2n) is 5.72. The van der Waals surface area contributed by atoms with Crippen molar-refractivity contribution in [2.75, 3.05) is 11.1 Å². The number of hydrogen-bond donors (Lipinski definition) is 2. The lowest BCUT2D eigenvalue weighted by molar-refractivity contribution is 0.276. The van der Waals surface area contributed by atoms with Gasteiger partial charge in [-0.3, -0.25) is 0 Å². The summed E-state index contributed by atoms with van der Waals surface area (Å²) in [6.45, 7) is 6.76. The Morgan fingerprint density at radius 2 is 2.00 bits per heavy atom. The van der Waals surface area contributed by atoms with Crippen LogP contribution in [0.4, 0.5) is 11.4 Å². The fraction of sp³-hybridized carbons (Fsp3) is 0.600. The van der Waals surface area contributed by atoms with E-state index in [1.807, 2.05) is 6.92 Å². The van der Waals surface area contributed by atoms with Gasteiger partial charge in [0.1, 0.15) is 0 Å². The minimum atomic E-state index is 0.605. The molecule has 0 spiro atoms. The van der Waals surface area contributed by atoms with Crippen molar-refractivity contribution in [1.29, 1.82) is 0 Å². The molecular formula is C15H24N2. The summed E-state index contributed by atoms with van der Waals surface area (Å²) in [6.07, 6.45) is 3.94. The molecule has 1 saturated carbocycles. The van der Waals surface area contributed by atoms with Crippen molar-refractivity contribution in [3.8, 4) is 0 Å². The lowest BCUT2D eigenvalue weighted by Gasteiger charge is -2.34. The van der Waals surface area contributed by atoms with Crippen LogP contribution in [0.25, 0.3) is 0 Å². The maximum absolute atomic E-state index is 5.94. The molecule has 2 rings (SSSR count). The molecule has 17 heavy (non-hydrogen) atoms. The summed E-state index contributed by atoms with van der Waals surface area (Å²) >= 11 is 0. The Bertz CT molecular complexity index is 387. The van der Waals surface area contributed by atoms with Gasteiger partial charge in [-0.05, 0) is 55.7 Å². The number of anilines is 2. The van der Waals surface area contributed by atoms with Crippen LogP contribution in [0.5, 0.6) is 0 Å². The zero-order valence-corrected chi connectivity index (χ0v) is 11.2. The van der Waals surface area contributed by atoms with Crippen molar-refractivity contribution in [3.05, 3.63) is 23.8 Å². The van der Waals surface area contributed by atoms with Gasteiger partial charge in [0.05, 0.1) is 0 Å². The van der Waals surface area contributed by atoms with Gasteiger partial charge in [0, 0.05) is 17.4 Å². The number of nitrogen functional groups attached to an aromatic ring is 1. The van der Waals surface area contributed by atoms with E-state index in [2.05, 4.69) is 37.4 Å². The lowest BCUT2D eigenvalue weighted by atomic mass is 9.80. The number of aryl methyl sites for hydroxylation is 1. The SMILES string of the molecule is Cc1ccc(NC2CCC(C)CC2C)cc1N. The number of rotatable bonds is 2. The van der Waals surface area contributed by atoms with Crippen molar-refractivity contribution >= 4 is 11.4 Å². The molecule has 2 heteroatoms. The van der Waals surface area contributed by atoms with Crippen LogP contribution in [0, 0.1) is 18.8 Å². The fourth-order valence-electron chi connectivity index (χ4n) is 2.82. The van der Waals surface area contributed by atoms with E-state index >= 15 is 0 Å². The van der Waals surface area contributed by atoms with E-state index in [1.165, 1.54) is 24.9 Å². The van der Waals surface area contributed by atoms with Gasteiger partial charge < -0.3 is 11.1 Å². The van der Waals surface area contributed by atoms with E-state index in [0.29, 0.717) is 6.04 Å². The standard InChI is InChI=1S/C15H24N2/c1-10-4-7-15(12(3)8-10)17-13-6-5-11(2)14(16)9-13/h5-6,9-10,12,15,17H,4,7-8,16H2,1-3H3. The molecule has 3 unspecified atom stereocenters. The van der Waals surface area contributed by atoms with Crippen LogP contribution in [-0.4, -0.2) is 6.04 Å². The van der Waals surface area contributed by atoms with Crippen LogP contribution in [0.2, 0.25) is 0 Å². The van der Waals surface area contributed by atoms with Gasteiger partial charge in [0.2, 0.25) is 0 Å². The first-order valence-corrected chi connectivity index (χ1v) is 6.69. The first kappa shape index (κ1) is 12.3. The van der Waals surface area contributed by atoms with Crippen molar-refractivity contribution < 1.29 is 0 Å². The van der Waals surface area contributed by atoms with Crippen molar-refractivity contribution in [2.45, 2.75) is 46.1 Å². The molecule has 0 radical (unpaired) electrons. The van der Waals surface area contributed by atoms with Gasteiger partial charge in [-0.15, -0.1) is 0 Å². The van der Waals surface area contributed by atoms with E-state index < -0.39 is 0 Å². The average molecular weight is 232 g/mol. The molecule has 0 aromatic heterocycles. The summed E-state index contributed by atoms with van der Waals surface area (Å²) in [5.41, 5.74) is 9.14. The van der Waals surface area contributed by atoms with E-state index in [0.717, 1.165) is 23.1 Å². The van der Waals surface area contributed by atoms with E-state index in [-0.39, 0.29) is 0 Å².